The highest BCUT2D eigenvalue weighted by Crippen LogP contribution is 2.12. The van der Waals surface area contributed by atoms with Crippen LogP contribution in [0.2, 0.25) is 0 Å². The van der Waals surface area contributed by atoms with Crippen LogP contribution >= 0.6 is 0 Å². The van der Waals surface area contributed by atoms with Gasteiger partial charge in [0.15, 0.2) is 0 Å². The predicted octanol–water partition coefficient (Wildman–Crippen LogP) is 4.00. The van der Waals surface area contributed by atoms with Gasteiger partial charge in [-0.05, 0) is 41.5 Å². The Morgan fingerprint density at radius 1 is 1.00 bits per heavy atom. The molecule has 1 N–H and O–H groups in total. The summed E-state index contributed by atoms with van der Waals surface area (Å²) >= 11 is 0. The highest BCUT2D eigenvalue weighted by molar-refractivity contribution is 5.88. The van der Waals surface area contributed by atoms with Gasteiger partial charge < -0.3 is 5.32 Å². The van der Waals surface area contributed by atoms with Gasteiger partial charge >= 0.3 is 0 Å². The van der Waals surface area contributed by atoms with Gasteiger partial charge in [-0.1, -0.05) is 54.3 Å². The number of hydrogen-bond acceptors (Lipinski definition) is 3. The molecule has 5 heteroatoms. The van der Waals surface area contributed by atoms with E-state index in [1.165, 1.54) is 6.92 Å². The van der Waals surface area contributed by atoms with E-state index < -0.39 is 0 Å². The van der Waals surface area contributed by atoms with E-state index in [1.54, 1.807) is 17.0 Å². The van der Waals surface area contributed by atoms with Gasteiger partial charge in [0, 0.05) is 24.6 Å². The maximum absolute atomic E-state index is 13.0. The van der Waals surface area contributed by atoms with Crippen LogP contribution in [0.25, 0.3) is 10.9 Å². The Bertz CT molecular complexity index is 1350. The molecule has 0 unspecified atom stereocenters. The highest BCUT2D eigenvalue weighted by Gasteiger charge is 2.06. The Balaban J connectivity index is 1.56. The molecule has 0 aliphatic carbocycles. The van der Waals surface area contributed by atoms with E-state index in [4.69, 9.17) is 0 Å². The predicted molar refractivity (Wildman–Crippen MR) is 123 cm³/mol. The summed E-state index contributed by atoms with van der Waals surface area (Å²) in [6, 6.07) is 23.0. The van der Waals surface area contributed by atoms with Gasteiger partial charge in [-0.3, -0.25) is 14.2 Å². The second kappa shape index (κ2) is 9.10. The lowest BCUT2D eigenvalue weighted by molar-refractivity contribution is -0.114. The van der Waals surface area contributed by atoms with Gasteiger partial charge in [-0.15, -0.1) is 0 Å². The average molecular weight is 407 g/mol. The Hall–Kier alpha value is -4.17. The molecular weight excluding hydrogens is 386 g/mol. The minimum atomic E-state index is -0.120. The fourth-order valence-corrected chi connectivity index (χ4v) is 3.29. The molecule has 31 heavy (non-hydrogen) atoms. The van der Waals surface area contributed by atoms with Crippen LogP contribution in [0.4, 0.5) is 5.69 Å². The largest absolute Gasteiger partial charge is 0.326 e. The van der Waals surface area contributed by atoms with Crippen LogP contribution in [0.1, 0.15) is 23.6 Å². The van der Waals surface area contributed by atoms with Crippen molar-refractivity contribution >= 4 is 22.5 Å². The maximum atomic E-state index is 13.0. The molecule has 5 nitrogen and oxygen atoms in total. The first kappa shape index (κ1) is 20.1. The number of rotatable bonds is 4. The number of aromatic nitrogens is 2. The van der Waals surface area contributed by atoms with E-state index in [0.717, 1.165) is 22.4 Å². The Labute approximate surface area is 180 Å². The monoisotopic (exact) mass is 407 g/mol. The zero-order valence-corrected chi connectivity index (χ0v) is 17.1. The van der Waals surface area contributed by atoms with E-state index in [9.17, 15) is 9.59 Å². The van der Waals surface area contributed by atoms with Crippen LogP contribution < -0.4 is 10.9 Å². The van der Waals surface area contributed by atoms with Crippen molar-refractivity contribution < 1.29 is 4.79 Å². The third-order valence-electron chi connectivity index (χ3n) is 4.82. The molecular formula is C26H21N3O2. The number of nitrogens with one attached hydrogen (secondary N) is 1. The van der Waals surface area contributed by atoms with Crippen LogP contribution in [-0.4, -0.2) is 15.5 Å². The lowest BCUT2D eigenvalue weighted by atomic mass is 10.1. The smallest absolute Gasteiger partial charge is 0.261 e. The summed E-state index contributed by atoms with van der Waals surface area (Å²) in [7, 11) is 0. The van der Waals surface area contributed by atoms with Crippen LogP contribution in [0, 0.1) is 11.8 Å². The van der Waals surface area contributed by atoms with Crippen molar-refractivity contribution in [3.63, 3.8) is 0 Å². The first-order valence-electron chi connectivity index (χ1n) is 9.97. The Kier molecular flexibility index (Phi) is 5.91. The first-order valence-corrected chi connectivity index (χ1v) is 9.97. The van der Waals surface area contributed by atoms with Crippen LogP contribution in [0.15, 0.2) is 83.9 Å². The molecule has 0 bridgehead atoms. The fourth-order valence-electron chi connectivity index (χ4n) is 3.29. The molecule has 0 saturated carbocycles. The van der Waals surface area contributed by atoms with Crippen molar-refractivity contribution in [3.05, 3.63) is 106 Å². The molecule has 0 fully saturated rings. The second-order valence-corrected chi connectivity index (χ2v) is 7.25. The number of carbonyl (C=O) groups excluding carboxylic acids is 1. The number of benzene rings is 3. The van der Waals surface area contributed by atoms with Crippen LogP contribution in [0.3, 0.4) is 0 Å². The third kappa shape index (κ3) is 5.06. The number of carbonyl (C=O) groups is 1. The molecule has 0 spiro atoms. The summed E-state index contributed by atoms with van der Waals surface area (Å²) in [6.45, 7) is 1.86. The molecule has 3 aromatic carbocycles. The van der Waals surface area contributed by atoms with Gasteiger partial charge in [0.25, 0.3) is 5.56 Å². The number of fused-ring (bicyclic) bond motifs is 1. The Morgan fingerprint density at radius 3 is 2.52 bits per heavy atom. The zero-order chi connectivity index (χ0) is 21.6. The molecule has 0 saturated heterocycles. The molecule has 4 aromatic rings. The zero-order valence-electron chi connectivity index (χ0n) is 17.1. The normalized spacial score (nSPS) is 10.4. The quantitative estimate of drug-likeness (QED) is 0.520. The number of anilines is 1. The van der Waals surface area contributed by atoms with Gasteiger partial charge in [0.2, 0.25) is 5.91 Å². The summed E-state index contributed by atoms with van der Waals surface area (Å²) in [5, 5.41) is 3.28. The van der Waals surface area contributed by atoms with Crippen LogP contribution in [-0.2, 0) is 17.8 Å². The van der Waals surface area contributed by atoms with Crippen molar-refractivity contribution in [2.24, 2.45) is 0 Å². The van der Waals surface area contributed by atoms with E-state index in [0.29, 0.717) is 23.9 Å². The molecule has 1 amide bonds. The van der Waals surface area contributed by atoms with E-state index in [-0.39, 0.29) is 11.5 Å². The second-order valence-electron chi connectivity index (χ2n) is 7.25. The molecule has 152 valence electrons. The molecule has 1 heterocycles. The number of nitrogens with zero attached hydrogens (tertiary/aromatic N) is 2. The molecule has 1 aromatic heterocycles. The topological polar surface area (TPSA) is 64.0 Å². The lowest BCUT2D eigenvalue weighted by Crippen LogP contribution is -2.21. The van der Waals surface area contributed by atoms with Gasteiger partial charge in [-0.25, -0.2) is 4.98 Å². The van der Waals surface area contributed by atoms with Gasteiger partial charge in [-0.2, -0.15) is 0 Å². The minimum Gasteiger partial charge on any atom is -0.326 e. The van der Waals surface area contributed by atoms with Crippen molar-refractivity contribution in [2.75, 3.05) is 5.32 Å². The standard InChI is InChI=1S/C26H21N3O2/c1-19(30)28-23-13-10-22(11-14-23)17-29-18-27-25-15-12-21(16-24(25)26(29)31)9-5-8-20-6-3-2-4-7-20/h2-4,6-7,10-16,18H,8,17H2,1H3,(H,28,30). The number of amides is 1. The lowest BCUT2D eigenvalue weighted by Gasteiger charge is -2.08. The van der Waals surface area contributed by atoms with E-state index >= 15 is 0 Å². The molecule has 0 aliphatic heterocycles. The van der Waals surface area contributed by atoms with Crippen molar-refractivity contribution in [1.82, 2.24) is 9.55 Å². The summed E-state index contributed by atoms with van der Waals surface area (Å²) in [5.74, 6) is 6.19. The summed E-state index contributed by atoms with van der Waals surface area (Å²) in [4.78, 5) is 28.6. The molecule has 0 radical (unpaired) electrons. The van der Waals surface area contributed by atoms with Crippen molar-refractivity contribution in [1.29, 1.82) is 0 Å². The minimum absolute atomic E-state index is 0.109. The fraction of sp³-hybridized carbons (Fsp3) is 0.115. The van der Waals surface area contributed by atoms with E-state index in [2.05, 4.69) is 22.1 Å². The van der Waals surface area contributed by atoms with Crippen molar-refractivity contribution in [3.8, 4) is 11.8 Å². The molecule has 0 aliphatic rings. The third-order valence-corrected chi connectivity index (χ3v) is 4.82. The SMILES string of the molecule is CC(=O)Nc1ccc(Cn2cnc3ccc(C#CCc4ccccc4)cc3c2=O)cc1. The van der Waals surface area contributed by atoms with Gasteiger partial charge in [0.05, 0.1) is 23.8 Å². The Morgan fingerprint density at radius 2 is 1.77 bits per heavy atom. The number of hydrogen-bond donors (Lipinski definition) is 1. The highest BCUT2D eigenvalue weighted by atomic mass is 16.1. The first-order chi connectivity index (χ1) is 15.1. The summed E-state index contributed by atoms with van der Waals surface area (Å²) in [5.41, 5.74) is 4.15. The molecule has 4 rings (SSSR count). The average Bonchev–Trinajstić information content (AvgIpc) is 2.78. The van der Waals surface area contributed by atoms with Gasteiger partial charge in [0.1, 0.15) is 0 Å². The van der Waals surface area contributed by atoms with Crippen LogP contribution in [0.5, 0.6) is 0 Å². The summed E-state index contributed by atoms with van der Waals surface area (Å²) in [6.07, 6.45) is 2.22. The summed E-state index contributed by atoms with van der Waals surface area (Å²) < 4.78 is 1.58. The van der Waals surface area contributed by atoms with E-state index in [1.807, 2.05) is 66.7 Å². The molecule has 0 atom stereocenters. The maximum Gasteiger partial charge on any atom is 0.261 e. The van der Waals surface area contributed by atoms with Crippen molar-refractivity contribution in [2.45, 2.75) is 19.9 Å².